The Morgan fingerprint density at radius 1 is 1.17 bits per heavy atom. The van der Waals surface area contributed by atoms with E-state index in [9.17, 15) is 9.18 Å². The number of amides is 1. The lowest BCUT2D eigenvalue weighted by Crippen LogP contribution is -2.14. The van der Waals surface area contributed by atoms with Crippen LogP contribution in [0.3, 0.4) is 0 Å². The topological polar surface area (TPSA) is 46.9 Å². The van der Waals surface area contributed by atoms with Gasteiger partial charge in [-0.15, -0.1) is 0 Å². The SMILES string of the molecule is Cc1ccc(F)cc1NC(=O)c1cnn(-c2ccc(Br)cc2)c1C. The van der Waals surface area contributed by atoms with E-state index in [1.807, 2.05) is 38.1 Å². The summed E-state index contributed by atoms with van der Waals surface area (Å²) in [5.41, 5.74) is 3.26. The van der Waals surface area contributed by atoms with Crippen molar-refractivity contribution in [2.45, 2.75) is 13.8 Å². The molecule has 0 spiro atoms. The van der Waals surface area contributed by atoms with Gasteiger partial charge in [0.05, 0.1) is 23.1 Å². The van der Waals surface area contributed by atoms with Crippen LogP contribution < -0.4 is 5.32 Å². The third-order valence-electron chi connectivity index (χ3n) is 3.77. The molecule has 0 saturated carbocycles. The van der Waals surface area contributed by atoms with Crippen LogP contribution in [0.2, 0.25) is 0 Å². The number of aromatic nitrogens is 2. The van der Waals surface area contributed by atoms with Gasteiger partial charge in [0.25, 0.3) is 5.91 Å². The van der Waals surface area contributed by atoms with Gasteiger partial charge >= 0.3 is 0 Å². The van der Waals surface area contributed by atoms with Crippen LogP contribution in [0.5, 0.6) is 0 Å². The van der Waals surface area contributed by atoms with Crippen LogP contribution in [0.1, 0.15) is 21.6 Å². The molecule has 0 fully saturated rings. The molecule has 1 aromatic heterocycles. The van der Waals surface area contributed by atoms with Gasteiger partial charge < -0.3 is 5.32 Å². The minimum atomic E-state index is -0.391. The molecule has 0 saturated heterocycles. The maximum atomic E-state index is 13.4. The normalized spacial score (nSPS) is 10.7. The number of nitrogens with zero attached hydrogens (tertiary/aromatic N) is 2. The van der Waals surface area contributed by atoms with Gasteiger partial charge in [0.2, 0.25) is 0 Å². The monoisotopic (exact) mass is 387 g/mol. The van der Waals surface area contributed by atoms with Crippen molar-refractivity contribution in [3.63, 3.8) is 0 Å². The highest BCUT2D eigenvalue weighted by atomic mass is 79.9. The van der Waals surface area contributed by atoms with Gasteiger partial charge in [-0.25, -0.2) is 9.07 Å². The van der Waals surface area contributed by atoms with E-state index in [2.05, 4.69) is 26.3 Å². The Hall–Kier alpha value is -2.47. The van der Waals surface area contributed by atoms with Gasteiger partial charge in [0.15, 0.2) is 0 Å². The standard InChI is InChI=1S/C18H15BrFN3O/c1-11-3-6-14(20)9-17(11)22-18(24)16-10-21-23(12(16)2)15-7-4-13(19)5-8-15/h3-10H,1-2H3,(H,22,24). The summed E-state index contributed by atoms with van der Waals surface area (Å²) in [6.07, 6.45) is 1.52. The largest absolute Gasteiger partial charge is 0.322 e. The van der Waals surface area contributed by atoms with Gasteiger partial charge in [-0.2, -0.15) is 5.10 Å². The molecule has 3 aromatic rings. The third kappa shape index (κ3) is 3.23. The Morgan fingerprint density at radius 3 is 2.58 bits per heavy atom. The first kappa shape index (κ1) is 16.4. The fraction of sp³-hybridized carbons (Fsp3) is 0.111. The number of aryl methyl sites for hydroxylation is 1. The number of halogens is 2. The van der Waals surface area contributed by atoms with Gasteiger partial charge in [-0.3, -0.25) is 4.79 Å². The molecule has 4 nitrogen and oxygen atoms in total. The van der Waals surface area contributed by atoms with Crippen molar-refractivity contribution in [3.8, 4) is 5.69 Å². The van der Waals surface area contributed by atoms with Crippen molar-refractivity contribution in [3.05, 3.63) is 75.8 Å². The molecule has 0 bridgehead atoms. The third-order valence-corrected chi connectivity index (χ3v) is 4.30. The second-order valence-electron chi connectivity index (χ2n) is 5.45. The average molecular weight is 388 g/mol. The highest BCUT2D eigenvalue weighted by molar-refractivity contribution is 9.10. The zero-order chi connectivity index (χ0) is 17.3. The minimum Gasteiger partial charge on any atom is -0.322 e. The lowest BCUT2D eigenvalue weighted by atomic mass is 10.1. The molecule has 0 unspecified atom stereocenters. The number of rotatable bonds is 3. The Kier molecular flexibility index (Phi) is 4.49. The van der Waals surface area contributed by atoms with E-state index in [0.717, 1.165) is 15.7 Å². The van der Waals surface area contributed by atoms with Crippen molar-refractivity contribution in [1.82, 2.24) is 9.78 Å². The lowest BCUT2D eigenvalue weighted by molar-refractivity contribution is 0.102. The first-order valence-electron chi connectivity index (χ1n) is 7.34. The number of nitrogens with one attached hydrogen (secondary N) is 1. The molecular weight excluding hydrogens is 373 g/mol. The molecule has 6 heteroatoms. The van der Waals surface area contributed by atoms with E-state index in [4.69, 9.17) is 0 Å². The predicted molar refractivity (Wildman–Crippen MR) is 95.1 cm³/mol. The molecule has 0 aliphatic carbocycles. The van der Waals surface area contributed by atoms with Crippen molar-refractivity contribution < 1.29 is 9.18 Å². The summed E-state index contributed by atoms with van der Waals surface area (Å²) in [5, 5.41) is 7.03. The molecule has 0 aliphatic rings. The highest BCUT2D eigenvalue weighted by Gasteiger charge is 2.16. The van der Waals surface area contributed by atoms with Gasteiger partial charge in [-0.1, -0.05) is 22.0 Å². The summed E-state index contributed by atoms with van der Waals surface area (Å²) in [7, 11) is 0. The van der Waals surface area contributed by atoms with Crippen LogP contribution >= 0.6 is 15.9 Å². The van der Waals surface area contributed by atoms with Crippen LogP contribution in [0, 0.1) is 19.7 Å². The van der Waals surface area contributed by atoms with Crippen molar-refractivity contribution in [2.75, 3.05) is 5.32 Å². The lowest BCUT2D eigenvalue weighted by Gasteiger charge is -2.09. The van der Waals surface area contributed by atoms with Crippen LogP contribution in [0.15, 0.2) is 53.1 Å². The van der Waals surface area contributed by atoms with Gasteiger partial charge in [-0.05, 0) is 55.8 Å². The molecule has 3 rings (SSSR count). The zero-order valence-corrected chi connectivity index (χ0v) is 14.8. The van der Waals surface area contributed by atoms with Crippen molar-refractivity contribution >= 4 is 27.5 Å². The van der Waals surface area contributed by atoms with Crippen molar-refractivity contribution in [2.24, 2.45) is 0 Å². The fourth-order valence-corrected chi connectivity index (χ4v) is 2.66. The van der Waals surface area contributed by atoms with Crippen LogP contribution in [-0.2, 0) is 0 Å². The van der Waals surface area contributed by atoms with Crippen LogP contribution in [0.4, 0.5) is 10.1 Å². The van der Waals surface area contributed by atoms with E-state index >= 15 is 0 Å². The number of hydrogen-bond acceptors (Lipinski definition) is 2. The summed E-state index contributed by atoms with van der Waals surface area (Å²) in [4.78, 5) is 12.5. The maximum absolute atomic E-state index is 13.4. The van der Waals surface area contributed by atoms with Crippen molar-refractivity contribution in [1.29, 1.82) is 0 Å². The molecular formula is C18H15BrFN3O. The minimum absolute atomic E-state index is 0.315. The molecule has 122 valence electrons. The smallest absolute Gasteiger partial charge is 0.259 e. The highest BCUT2D eigenvalue weighted by Crippen LogP contribution is 2.20. The molecule has 1 amide bonds. The average Bonchev–Trinajstić information content (AvgIpc) is 2.93. The first-order chi connectivity index (χ1) is 11.5. The molecule has 24 heavy (non-hydrogen) atoms. The number of hydrogen-bond donors (Lipinski definition) is 1. The quantitative estimate of drug-likeness (QED) is 0.711. The molecule has 2 aromatic carbocycles. The Bertz CT molecular complexity index is 903. The summed E-state index contributed by atoms with van der Waals surface area (Å²) in [6.45, 7) is 3.63. The summed E-state index contributed by atoms with van der Waals surface area (Å²) < 4.78 is 16.0. The van der Waals surface area contributed by atoms with Crippen LogP contribution in [0.25, 0.3) is 5.69 Å². The fourth-order valence-electron chi connectivity index (χ4n) is 2.39. The molecule has 1 heterocycles. The van der Waals surface area contributed by atoms with E-state index in [-0.39, 0.29) is 5.91 Å². The van der Waals surface area contributed by atoms with Crippen LogP contribution in [-0.4, -0.2) is 15.7 Å². The molecule has 1 N–H and O–H groups in total. The van der Waals surface area contributed by atoms with E-state index in [0.29, 0.717) is 16.9 Å². The Labute approximate surface area is 147 Å². The predicted octanol–water partition coefficient (Wildman–Crippen LogP) is 4.64. The summed E-state index contributed by atoms with van der Waals surface area (Å²) in [6, 6.07) is 11.9. The number of carbonyl (C=O) groups excluding carboxylic acids is 1. The second-order valence-corrected chi connectivity index (χ2v) is 6.36. The Morgan fingerprint density at radius 2 is 1.88 bits per heavy atom. The molecule has 0 radical (unpaired) electrons. The Balaban J connectivity index is 1.89. The maximum Gasteiger partial charge on any atom is 0.259 e. The first-order valence-corrected chi connectivity index (χ1v) is 8.13. The number of anilines is 1. The van der Waals surface area contributed by atoms with E-state index in [1.54, 1.807) is 10.7 Å². The van der Waals surface area contributed by atoms with E-state index < -0.39 is 5.82 Å². The second kappa shape index (κ2) is 6.57. The summed E-state index contributed by atoms with van der Waals surface area (Å²) >= 11 is 3.39. The molecule has 0 atom stereocenters. The number of benzene rings is 2. The number of carbonyl (C=O) groups is 1. The van der Waals surface area contributed by atoms with Gasteiger partial charge in [0, 0.05) is 10.2 Å². The summed E-state index contributed by atoms with van der Waals surface area (Å²) in [5.74, 6) is -0.706. The van der Waals surface area contributed by atoms with Gasteiger partial charge in [0.1, 0.15) is 5.82 Å². The molecule has 0 aliphatic heterocycles. The zero-order valence-electron chi connectivity index (χ0n) is 13.2. The van der Waals surface area contributed by atoms with E-state index in [1.165, 1.54) is 18.3 Å².